The monoisotopic (exact) mass is 418 g/mol. The minimum Gasteiger partial charge on any atom is -0.394 e. The fourth-order valence-corrected chi connectivity index (χ4v) is 4.15. The van der Waals surface area contributed by atoms with Gasteiger partial charge in [0.25, 0.3) is 0 Å². The first-order chi connectivity index (χ1) is 14.2. The van der Waals surface area contributed by atoms with Crippen molar-refractivity contribution in [2.24, 2.45) is 0 Å². The summed E-state index contributed by atoms with van der Waals surface area (Å²) < 4.78 is 43.5. The summed E-state index contributed by atoms with van der Waals surface area (Å²) in [5, 5.41) is 34.6. The van der Waals surface area contributed by atoms with Gasteiger partial charge < -0.3 is 15.3 Å². The first-order valence-electron chi connectivity index (χ1n) is 9.53. The minimum atomic E-state index is -4.90. The van der Waals surface area contributed by atoms with E-state index < -0.39 is 17.3 Å². The van der Waals surface area contributed by atoms with Gasteiger partial charge in [0.15, 0.2) is 0 Å². The molecule has 3 aromatic rings. The lowest BCUT2D eigenvalue weighted by molar-refractivity contribution is -0.246. The molecule has 0 amide bonds. The van der Waals surface area contributed by atoms with E-state index in [1.54, 1.807) is 31.3 Å². The van der Waals surface area contributed by atoms with Crippen LogP contribution >= 0.6 is 0 Å². The molecule has 4 rings (SSSR count). The number of aliphatic hydroxyl groups excluding tert-OH is 2. The maximum absolute atomic E-state index is 14.0. The molecule has 0 bridgehead atoms. The Morgan fingerprint density at radius 1 is 0.967 bits per heavy atom. The van der Waals surface area contributed by atoms with Crippen molar-refractivity contribution < 1.29 is 28.5 Å². The number of aromatic nitrogens is 2. The maximum Gasteiger partial charge on any atom is 0.425 e. The quantitative estimate of drug-likeness (QED) is 0.593. The zero-order chi connectivity index (χ0) is 21.7. The Labute approximate surface area is 171 Å². The number of rotatable bonds is 5. The van der Waals surface area contributed by atoms with E-state index in [0.717, 1.165) is 0 Å². The molecule has 0 fully saturated rings. The van der Waals surface area contributed by atoms with Gasteiger partial charge in [-0.25, -0.2) is 0 Å². The maximum atomic E-state index is 14.0. The number of hydrogen-bond donors (Lipinski definition) is 3. The molecular formula is C22H21F3N2O3. The van der Waals surface area contributed by atoms with Crippen molar-refractivity contribution in [3.63, 3.8) is 0 Å². The van der Waals surface area contributed by atoms with Gasteiger partial charge in [0, 0.05) is 22.9 Å². The highest BCUT2D eigenvalue weighted by Crippen LogP contribution is 2.57. The highest BCUT2D eigenvalue weighted by Gasteiger charge is 2.61. The summed E-state index contributed by atoms with van der Waals surface area (Å²) in [7, 11) is 0. The number of aliphatic hydroxyl groups is 3. The Balaban J connectivity index is 1.95. The highest BCUT2D eigenvalue weighted by molar-refractivity contribution is 5.92. The molecule has 158 valence electrons. The number of halogens is 3. The summed E-state index contributed by atoms with van der Waals surface area (Å²) in [6, 6.07) is 10.4. The topological polar surface area (TPSA) is 78.5 Å². The van der Waals surface area contributed by atoms with E-state index in [1.807, 2.05) is 0 Å². The predicted molar refractivity (Wildman–Crippen MR) is 105 cm³/mol. The van der Waals surface area contributed by atoms with Gasteiger partial charge in [0.2, 0.25) is 5.60 Å². The van der Waals surface area contributed by atoms with E-state index in [1.165, 1.54) is 35.1 Å². The fraction of sp³-hybridized carbons (Fsp3) is 0.318. The third kappa shape index (κ3) is 2.64. The average molecular weight is 418 g/mol. The SMILES string of the molecule is CCC(CO)(CO)n1cc(-c2cccc3c2-c2ccccc2C3(O)C(F)(F)F)cn1. The molecule has 0 saturated carbocycles. The van der Waals surface area contributed by atoms with Crippen molar-refractivity contribution in [1.82, 2.24) is 9.78 Å². The van der Waals surface area contributed by atoms with Crippen LogP contribution in [-0.2, 0) is 11.1 Å². The van der Waals surface area contributed by atoms with Crippen molar-refractivity contribution in [2.75, 3.05) is 13.2 Å². The van der Waals surface area contributed by atoms with Gasteiger partial charge in [-0.15, -0.1) is 0 Å². The lowest BCUT2D eigenvalue weighted by atomic mass is 9.89. The Hall–Kier alpha value is -2.68. The molecule has 0 saturated heterocycles. The summed E-state index contributed by atoms with van der Waals surface area (Å²) >= 11 is 0. The van der Waals surface area contributed by atoms with E-state index in [-0.39, 0.29) is 24.3 Å². The number of fused-ring (bicyclic) bond motifs is 3. The van der Waals surface area contributed by atoms with E-state index in [0.29, 0.717) is 28.7 Å². The van der Waals surface area contributed by atoms with Crippen LogP contribution in [0.2, 0.25) is 0 Å². The molecule has 2 aromatic carbocycles. The Morgan fingerprint density at radius 3 is 2.23 bits per heavy atom. The number of hydrogen-bond acceptors (Lipinski definition) is 4. The van der Waals surface area contributed by atoms with Crippen LogP contribution in [0.1, 0.15) is 24.5 Å². The average Bonchev–Trinajstić information content (AvgIpc) is 3.33. The van der Waals surface area contributed by atoms with Gasteiger partial charge >= 0.3 is 6.18 Å². The van der Waals surface area contributed by atoms with Gasteiger partial charge in [-0.05, 0) is 23.1 Å². The van der Waals surface area contributed by atoms with E-state index in [2.05, 4.69) is 5.10 Å². The van der Waals surface area contributed by atoms with Gasteiger partial charge in [0.05, 0.1) is 19.4 Å². The second-order valence-corrected chi connectivity index (χ2v) is 7.55. The zero-order valence-electron chi connectivity index (χ0n) is 16.2. The van der Waals surface area contributed by atoms with E-state index in [9.17, 15) is 28.5 Å². The van der Waals surface area contributed by atoms with Crippen LogP contribution in [0.3, 0.4) is 0 Å². The summed E-state index contributed by atoms with van der Waals surface area (Å²) in [4.78, 5) is 0. The Morgan fingerprint density at radius 2 is 1.60 bits per heavy atom. The van der Waals surface area contributed by atoms with E-state index >= 15 is 0 Å². The number of benzene rings is 2. The molecule has 1 atom stereocenters. The summed E-state index contributed by atoms with van der Waals surface area (Å²) in [5.74, 6) is 0. The molecular weight excluding hydrogens is 397 g/mol. The van der Waals surface area contributed by atoms with Crippen molar-refractivity contribution in [3.8, 4) is 22.3 Å². The summed E-state index contributed by atoms with van der Waals surface area (Å²) in [6.45, 7) is 1.11. The van der Waals surface area contributed by atoms with Crippen LogP contribution in [0.4, 0.5) is 13.2 Å². The molecule has 1 unspecified atom stereocenters. The van der Waals surface area contributed by atoms with E-state index in [4.69, 9.17) is 0 Å². The largest absolute Gasteiger partial charge is 0.425 e. The molecule has 0 aliphatic heterocycles. The lowest BCUT2D eigenvalue weighted by Gasteiger charge is -2.29. The van der Waals surface area contributed by atoms with Gasteiger partial charge in [-0.2, -0.15) is 18.3 Å². The first-order valence-corrected chi connectivity index (χ1v) is 9.53. The molecule has 0 radical (unpaired) electrons. The van der Waals surface area contributed by atoms with Crippen molar-refractivity contribution >= 4 is 0 Å². The standard InChI is InChI=1S/C22H21F3N2O3/c1-2-20(12-28,13-29)27-11-14(10-26-27)15-7-5-9-18-19(15)16-6-3-4-8-17(16)21(18,30)22(23,24)25/h3-11,28-30H,2,12-13H2,1H3. The predicted octanol–water partition coefficient (Wildman–Crippen LogP) is 3.42. The van der Waals surface area contributed by atoms with Gasteiger partial charge in [-0.3, -0.25) is 4.68 Å². The van der Waals surface area contributed by atoms with Crippen LogP contribution in [0.15, 0.2) is 54.9 Å². The molecule has 5 nitrogen and oxygen atoms in total. The van der Waals surface area contributed by atoms with Gasteiger partial charge in [0.1, 0.15) is 5.54 Å². The summed E-state index contributed by atoms with van der Waals surface area (Å²) in [5.41, 5.74) is -2.95. The molecule has 8 heteroatoms. The second-order valence-electron chi connectivity index (χ2n) is 7.55. The van der Waals surface area contributed by atoms with Crippen molar-refractivity contribution in [3.05, 3.63) is 66.0 Å². The third-order valence-electron chi connectivity index (χ3n) is 6.08. The van der Waals surface area contributed by atoms with Crippen LogP contribution in [0.5, 0.6) is 0 Å². The zero-order valence-corrected chi connectivity index (χ0v) is 16.2. The van der Waals surface area contributed by atoms with Crippen LogP contribution < -0.4 is 0 Å². The summed E-state index contributed by atoms with van der Waals surface area (Å²) in [6.07, 6.45) is -1.41. The number of nitrogens with zero attached hydrogens (tertiary/aromatic N) is 2. The van der Waals surface area contributed by atoms with Crippen LogP contribution in [-0.4, -0.2) is 44.5 Å². The highest BCUT2D eigenvalue weighted by atomic mass is 19.4. The minimum absolute atomic E-state index is 0.207. The molecule has 1 aromatic heterocycles. The molecule has 0 spiro atoms. The van der Waals surface area contributed by atoms with Crippen LogP contribution in [0, 0.1) is 0 Å². The Kier molecular flexibility index (Phi) is 4.76. The molecule has 1 heterocycles. The lowest BCUT2D eigenvalue weighted by Crippen LogP contribution is -2.41. The Bertz CT molecular complexity index is 1080. The molecule has 1 aliphatic carbocycles. The normalized spacial score (nSPS) is 18.4. The number of alkyl halides is 3. The molecule has 1 aliphatic rings. The third-order valence-corrected chi connectivity index (χ3v) is 6.08. The smallest absolute Gasteiger partial charge is 0.394 e. The molecule has 3 N–H and O–H groups in total. The second kappa shape index (κ2) is 6.94. The van der Waals surface area contributed by atoms with Crippen LogP contribution in [0.25, 0.3) is 22.3 Å². The van der Waals surface area contributed by atoms with Crippen molar-refractivity contribution in [2.45, 2.75) is 30.7 Å². The molecule has 30 heavy (non-hydrogen) atoms. The fourth-order valence-electron chi connectivity index (χ4n) is 4.15. The van der Waals surface area contributed by atoms with Gasteiger partial charge in [-0.1, -0.05) is 49.4 Å². The van der Waals surface area contributed by atoms with Crippen molar-refractivity contribution in [1.29, 1.82) is 0 Å². The first kappa shape index (κ1) is 20.6.